The van der Waals surface area contributed by atoms with E-state index in [1.807, 2.05) is 12.2 Å². The molecule has 23 heavy (non-hydrogen) atoms. The van der Waals surface area contributed by atoms with Gasteiger partial charge in [-0.15, -0.1) is 0 Å². The Kier molecular flexibility index (Phi) is 4.90. The Hall–Kier alpha value is -1.17. The van der Waals surface area contributed by atoms with Gasteiger partial charge in [0.2, 0.25) is 0 Å². The molecule has 0 bridgehead atoms. The van der Waals surface area contributed by atoms with Crippen LogP contribution in [0.2, 0.25) is 0 Å². The lowest BCUT2D eigenvalue weighted by atomic mass is 9.66. The summed E-state index contributed by atoms with van der Waals surface area (Å²) in [5.74, 6) is 0.284. The molecule has 128 valence electrons. The monoisotopic (exact) mass is 322 g/mol. The van der Waals surface area contributed by atoms with Crippen LogP contribution in [0.15, 0.2) is 23.8 Å². The Morgan fingerprint density at radius 2 is 2.00 bits per heavy atom. The number of rotatable bonds is 3. The van der Waals surface area contributed by atoms with Crippen LogP contribution in [-0.4, -0.2) is 45.7 Å². The molecule has 0 aromatic heterocycles. The van der Waals surface area contributed by atoms with E-state index in [1.54, 1.807) is 0 Å². The van der Waals surface area contributed by atoms with Gasteiger partial charge in [0.1, 0.15) is 6.10 Å². The molecule has 2 aliphatic carbocycles. The molecule has 1 heterocycles. The van der Waals surface area contributed by atoms with Crippen LogP contribution in [0.4, 0.5) is 0 Å². The molecule has 3 N–H and O–H groups in total. The summed E-state index contributed by atoms with van der Waals surface area (Å²) >= 11 is 0. The standard InChI is InChI=1S/C18H26O5/c1-10-2-3-11-6-12(19)8-16(21)18(11)15(10)5-4-14-7-13(20)9-17(22)23-14/h2-3,6,10,12-16,18-21H,4-5,7-9H2,1H3. The van der Waals surface area contributed by atoms with Crippen LogP contribution in [-0.2, 0) is 9.53 Å². The van der Waals surface area contributed by atoms with Crippen LogP contribution in [0.1, 0.15) is 39.0 Å². The number of esters is 1. The zero-order valence-electron chi connectivity index (χ0n) is 13.5. The molecule has 0 aromatic rings. The van der Waals surface area contributed by atoms with Crippen LogP contribution in [0.25, 0.3) is 0 Å². The number of ether oxygens (including phenoxy) is 1. The minimum atomic E-state index is -0.601. The molecular formula is C18H26O5. The van der Waals surface area contributed by atoms with Gasteiger partial charge in [-0.25, -0.2) is 0 Å². The molecule has 1 fully saturated rings. The average Bonchev–Trinajstić information content (AvgIpc) is 2.45. The van der Waals surface area contributed by atoms with Crippen molar-refractivity contribution in [3.05, 3.63) is 23.8 Å². The van der Waals surface area contributed by atoms with Gasteiger partial charge in [0.25, 0.3) is 0 Å². The summed E-state index contributed by atoms with van der Waals surface area (Å²) in [5, 5.41) is 29.9. The van der Waals surface area contributed by atoms with E-state index in [4.69, 9.17) is 4.74 Å². The molecule has 0 aromatic carbocycles. The summed E-state index contributed by atoms with van der Waals surface area (Å²) < 4.78 is 5.33. The van der Waals surface area contributed by atoms with E-state index in [2.05, 4.69) is 13.0 Å². The molecule has 3 rings (SSSR count). The minimum absolute atomic E-state index is 0.0302. The van der Waals surface area contributed by atoms with Crippen LogP contribution >= 0.6 is 0 Å². The molecule has 0 saturated carbocycles. The lowest BCUT2D eigenvalue weighted by molar-refractivity contribution is -0.160. The van der Waals surface area contributed by atoms with Gasteiger partial charge < -0.3 is 20.1 Å². The third-order valence-corrected chi connectivity index (χ3v) is 5.45. The molecule has 7 unspecified atom stereocenters. The number of carbonyl (C=O) groups excluding carboxylic acids is 1. The summed E-state index contributed by atoms with van der Waals surface area (Å²) in [6.45, 7) is 2.14. The van der Waals surface area contributed by atoms with Crippen molar-refractivity contribution in [3.63, 3.8) is 0 Å². The first-order chi connectivity index (χ1) is 10.9. The van der Waals surface area contributed by atoms with Crippen molar-refractivity contribution in [1.82, 2.24) is 0 Å². The topological polar surface area (TPSA) is 87.0 Å². The van der Waals surface area contributed by atoms with Crippen molar-refractivity contribution < 1.29 is 24.9 Å². The Morgan fingerprint density at radius 1 is 1.22 bits per heavy atom. The van der Waals surface area contributed by atoms with Crippen LogP contribution in [0.3, 0.4) is 0 Å². The largest absolute Gasteiger partial charge is 0.462 e. The molecule has 0 spiro atoms. The van der Waals surface area contributed by atoms with Gasteiger partial charge >= 0.3 is 5.97 Å². The summed E-state index contributed by atoms with van der Waals surface area (Å²) in [4.78, 5) is 11.4. The first kappa shape index (κ1) is 16.7. The predicted octanol–water partition coefficient (Wildman–Crippen LogP) is 1.32. The number of aliphatic hydroxyl groups excluding tert-OH is 3. The molecule has 5 nitrogen and oxygen atoms in total. The Labute approximate surface area is 136 Å². The van der Waals surface area contributed by atoms with Gasteiger partial charge in [-0.1, -0.05) is 25.2 Å². The van der Waals surface area contributed by atoms with E-state index in [0.29, 0.717) is 25.2 Å². The lowest BCUT2D eigenvalue weighted by Gasteiger charge is -2.41. The summed E-state index contributed by atoms with van der Waals surface area (Å²) in [7, 11) is 0. The molecule has 1 saturated heterocycles. The predicted molar refractivity (Wildman–Crippen MR) is 84.4 cm³/mol. The van der Waals surface area contributed by atoms with E-state index < -0.39 is 18.3 Å². The quantitative estimate of drug-likeness (QED) is 0.682. The minimum Gasteiger partial charge on any atom is -0.462 e. The molecule has 0 amide bonds. The zero-order valence-corrected chi connectivity index (χ0v) is 13.5. The second-order valence-electron chi connectivity index (χ2n) is 7.23. The maximum absolute atomic E-state index is 11.4. The Morgan fingerprint density at radius 3 is 2.74 bits per heavy atom. The maximum Gasteiger partial charge on any atom is 0.308 e. The highest BCUT2D eigenvalue weighted by Crippen LogP contribution is 2.42. The van der Waals surface area contributed by atoms with Gasteiger partial charge in [-0.2, -0.15) is 0 Å². The van der Waals surface area contributed by atoms with Gasteiger partial charge in [-0.05, 0) is 30.3 Å². The SMILES string of the molecule is CC1C=CC2=CC(O)CC(O)C2C1CCC1CC(O)CC(=O)O1. The highest BCUT2D eigenvalue weighted by atomic mass is 16.5. The van der Waals surface area contributed by atoms with E-state index in [-0.39, 0.29) is 30.3 Å². The number of fused-ring (bicyclic) bond motifs is 1. The molecule has 7 atom stereocenters. The molecule has 3 aliphatic rings. The molecular weight excluding hydrogens is 296 g/mol. The van der Waals surface area contributed by atoms with Crippen LogP contribution in [0, 0.1) is 17.8 Å². The van der Waals surface area contributed by atoms with Gasteiger partial charge in [0, 0.05) is 18.8 Å². The summed E-state index contributed by atoms with van der Waals surface area (Å²) in [5.41, 5.74) is 1.01. The van der Waals surface area contributed by atoms with Crippen LogP contribution in [0.5, 0.6) is 0 Å². The number of carbonyl (C=O) groups is 1. The van der Waals surface area contributed by atoms with Crippen molar-refractivity contribution in [1.29, 1.82) is 0 Å². The number of cyclic esters (lactones) is 1. The third kappa shape index (κ3) is 3.67. The van der Waals surface area contributed by atoms with Crippen molar-refractivity contribution in [3.8, 4) is 0 Å². The Bertz CT molecular complexity index is 512. The maximum atomic E-state index is 11.4. The first-order valence-corrected chi connectivity index (χ1v) is 8.57. The fraction of sp³-hybridized carbons (Fsp3) is 0.722. The van der Waals surface area contributed by atoms with Crippen molar-refractivity contribution in [2.24, 2.45) is 17.8 Å². The average molecular weight is 322 g/mol. The van der Waals surface area contributed by atoms with Crippen molar-refractivity contribution in [2.75, 3.05) is 0 Å². The fourth-order valence-corrected chi connectivity index (χ4v) is 4.31. The van der Waals surface area contributed by atoms with Crippen molar-refractivity contribution in [2.45, 2.75) is 63.4 Å². The third-order valence-electron chi connectivity index (χ3n) is 5.45. The number of allylic oxidation sites excluding steroid dienone is 2. The van der Waals surface area contributed by atoms with E-state index >= 15 is 0 Å². The second kappa shape index (κ2) is 6.75. The number of hydrogen-bond donors (Lipinski definition) is 3. The molecule has 5 heteroatoms. The van der Waals surface area contributed by atoms with Gasteiger partial charge in [0.05, 0.1) is 24.7 Å². The van der Waals surface area contributed by atoms with E-state index in [0.717, 1.165) is 12.0 Å². The summed E-state index contributed by atoms with van der Waals surface area (Å²) in [6.07, 6.45) is 6.52. The molecule has 0 radical (unpaired) electrons. The van der Waals surface area contributed by atoms with E-state index in [9.17, 15) is 20.1 Å². The summed E-state index contributed by atoms with van der Waals surface area (Å²) in [6, 6.07) is 0. The Balaban J connectivity index is 1.67. The zero-order chi connectivity index (χ0) is 16.6. The van der Waals surface area contributed by atoms with Gasteiger partial charge in [0.15, 0.2) is 0 Å². The number of aliphatic hydroxyl groups is 3. The highest BCUT2D eigenvalue weighted by Gasteiger charge is 2.39. The smallest absolute Gasteiger partial charge is 0.308 e. The fourth-order valence-electron chi connectivity index (χ4n) is 4.31. The normalized spacial score (nSPS) is 43.6. The highest BCUT2D eigenvalue weighted by molar-refractivity contribution is 5.70. The number of hydrogen-bond acceptors (Lipinski definition) is 5. The molecule has 1 aliphatic heterocycles. The lowest BCUT2D eigenvalue weighted by Crippen LogP contribution is -2.40. The van der Waals surface area contributed by atoms with E-state index in [1.165, 1.54) is 0 Å². The second-order valence-corrected chi connectivity index (χ2v) is 7.23. The first-order valence-electron chi connectivity index (χ1n) is 8.57. The van der Waals surface area contributed by atoms with Crippen LogP contribution < -0.4 is 0 Å². The van der Waals surface area contributed by atoms with Crippen molar-refractivity contribution >= 4 is 5.97 Å². The van der Waals surface area contributed by atoms with Gasteiger partial charge in [-0.3, -0.25) is 4.79 Å².